The first-order chi connectivity index (χ1) is 27.3. The molecule has 0 atom stereocenters. The van der Waals surface area contributed by atoms with Crippen molar-refractivity contribution in [1.29, 1.82) is 0 Å². The van der Waals surface area contributed by atoms with E-state index in [0.717, 1.165) is 6.42 Å². The Morgan fingerprint density at radius 2 is 0.891 bits per heavy atom. The number of fused-ring (bicyclic) bond motifs is 10. The predicted octanol–water partition coefficient (Wildman–Crippen LogP) is 13.9. The highest BCUT2D eigenvalue weighted by Crippen LogP contribution is 2.44. The fourth-order valence-corrected chi connectivity index (χ4v) is 9.47. The first-order valence-electron chi connectivity index (χ1n) is 19.1. The van der Waals surface area contributed by atoms with Crippen molar-refractivity contribution in [3.63, 3.8) is 0 Å². The van der Waals surface area contributed by atoms with Gasteiger partial charge < -0.3 is 9.13 Å². The van der Waals surface area contributed by atoms with Crippen molar-refractivity contribution < 1.29 is 0 Å². The molecule has 2 nitrogen and oxygen atoms in total. The van der Waals surface area contributed by atoms with Crippen molar-refractivity contribution in [2.75, 3.05) is 0 Å². The number of aromatic nitrogens is 2. The minimum Gasteiger partial charge on any atom is -0.309 e. The molecule has 2 aromatic heterocycles. The molecule has 0 saturated heterocycles. The van der Waals surface area contributed by atoms with E-state index in [2.05, 4.69) is 203 Å². The summed E-state index contributed by atoms with van der Waals surface area (Å²) in [6.07, 6.45) is 0.997. The Hall–Kier alpha value is -7.16. The van der Waals surface area contributed by atoms with Gasteiger partial charge in [-0.15, -0.1) is 0 Å². The summed E-state index contributed by atoms with van der Waals surface area (Å²) >= 11 is 0. The van der Waals surface area contributed by atoms with E-state index in [-0.39, 0.29) is 0 Å². The maximum absolute atomic E-state index is 2.48. The van der Waals surface area contributed by atoms with Crippen molar-refractivity contribution in [2.45, 2.75) is 6.42 Å². The van der Waals surface area contributed by atoms with Crippen LogP contribution in [0.1, 0.15) is 11.1 Å². The van der Waals surface area contributed by atoms with Crippen LogP contribution in [0.5, 0.6) is 0 Å². The van der Waals surface area contributed by atoms with Gasteiger partial charge in [0.15, 0.2) is 0 Å². The third-order valence-corrected chi connectivity index (χ3v) is 11.9. The van der Waals surface area contributed by atoms with Gasteiger partial charge in [0.2, 0.25) is 0 Å². The van der Waals surface area contributed by atoms with E-state index in [1.54, 1.807) is 0 Å². The topological polar surface area (TPSA) is 9.86 Å². The lowest BCUT2D eigenvalue weighted by molar-refractivity contribution is 1.18. The molecule has 11 aromatic rings. The number of nitrogens with zero attached hydrogens (tertiary/aromatic N) is 2. The average Bonchev–Trinajstić information content (AvgIpc) is 3.91. The molecule has 0 N–H and O–H groups in total. The van der Waals surface area contributed by atoms with Gasteiger partial charge in [0.1, 0.15) is 0 Å². The van der Waals surface area contributed by atoms with Gasteiger partial charge in [-0.25, -0.2) is 0 Å². The molecule has 1 aliphatic carbocycles. The third-order valence-electron chi connectivity index (χ3n) is 11.9. The zero-order valence-corrected chi connectivity index (χ0v) is 30.1. The lowest BCUT2D eigenvalue weighted by Crippen LogP contribution is -1.96. The minimum absolute atomic E-state index is 0.997. The molecule has 0 radical (unpaired) electrons. The fraction of sp³-hybridized carbons (Fsp3) is 0.0189. The largest absolute Gasteiger partial charge is 0.309 e. The van der Waals surface area contributed by atoms with E-state index in [0.29, 0.717) is 0 Å². The Labute approximate surface area is 318 Å². The summed E-state index contributed by atoms with van der Waals surface area (Å²) < 4.78 is 4.88. The zero-order chi connectivity index (χ0) is 36.0. The molecule has 0 aliphatic heterocycles. The quantitative estimate of drug-likeness (QED) is 0.173. The molecule has 2 heterocycles. The van der Waals surface area contributed by atoms with Crippen LogP contribution in [0.3, 0.4) is 0 Å². The molecular weight excluding hydrogens is 665 g/mol. The van der Waals surface area contributed by atoms with E-state index in [4.69, 9.17) is 0 Å². The van der Waals surface area contributed by atoms with Gasteiger partial charge in [0, 0.05) is 32.6 Å². The van der Waals surface area contributed by atoms with Crippen molar-refractivity contribution in [3.05, 3.63) is 205 Å². The molecular formula is C53H34N2. The Kier molecular flexibility index (Phi) is 6.43. The van der Waals surface area contributed by atoms with Crippen LogP contribution in [0.15, 0.2) is 194 Å². The number of hydrogen-bond acceptors (Lipinski definition) is 0. The van der Waals surface area contributed by atoms with E-state index in [1.165, 1.54) is 110 Å². The van der Waals surface area contributed by atoms with E-state index < -0.39 is 0 Å². The van der Waals surface area contributed by atoms with E-state index in [1.807, 2.05) is 0 Å². The van der Waals surface area contributed by atoms with E-state index >= 15 is 0 Å². The molecule has 0 fully saturated rings. The third kappa shape index (κ3) is 4.49. The first kappa shape index (κ1) is 30.3. The van der Waals surface area contributed by atoms with Crippen molar-refractivity contribution in [3.8, 4) is 44.8 Å². The van der Waals surface area contributed by atoms with Crippen LogP contribution in [0, 0.1) is 0 Å². The second-order valence-electron chi connectivity index (χ2n) is 14.9. The van der Waals surface area contributed by atoms with Crippen LogP contribution in [0.25, 0.3) is 99.1 Å². The zero-order valence-electron chi connectivity index (χ0n) is 30.1. The first-order valence-corrected chi connectivity index (χ1v) is 19.1. The maximum Gasteiger partial charge on any atom is 0.0547 e. The second-order valence-corrected chi connectivity index (χ2v) is 14.9. The molecule has 2 heteroatoms. The van der Waals surface area contributed by atoms with Crippen LogP contribution in [0.2, 0.25) is 0 Å². The van der Waals surface area contributed by atoms with Gasteiger partial charge in [-0.05, 0) is 105 Å². The van der Waals surface area contributed by atoms with Gasteiger partial charge in [-0.2, -0.15) is 0 Å². The van der Waals surface area contributed by atoms with Gasteiger partial charge in [-0.3, -0.25) is 0 Å². The van der Waals surface area contributed by atoms with E-state index in [9.17, 15) is 0 Å². The minimum atomic E-state index is 0.997. The van der Waals surface area contributed by atoms with Crippen molar-refractivity contribution in [2.24, 2.45) is 0 Å². The Morgan fingerprint density at radius 3 is 1.67 bits per heavy atom. The van der Waals surface area contributed by atoms with Crippen LogP contribution >= 0.6 is 0 Å². The number of rotatable bonds is 4. The monoisotopic (exact) mass is 698 g/mol. The molecule has 1 aliphatic rings. The number of benzene rings is 9. The predicted molar refractivity (Wildman–Crippen MR) is 232 cm³/mol. The normalized spacial score (nSPS) is 12.3. The van der Waals surface area contributed by atoms with Gasteiger partial charge >= 0.3 is 0 Å². The van der Waals surface area contributed by atoms with Crippen molar-refractivity contribution in [1.82, 2.24) is 9.13 Å². The van der Waals surface area contributed by atoms with Crippen LogP contribution in [0.4, 0.5) is 0 Å². The average molecular weight is 699 g/mol. The van der Waals surface area contributed by atoms with Crippen molar-refractivity contribution >= 4 is 54.4 Å². The molecule has 0 spiro atoms. The summed E-state index contributed by atoms with van der Waals surface area (Å²) in [5.41, 5.74) is 17.7. The highest BCUT2D eigenvalue weighted by atomic mass is 15.0. The molecule has 0 amide bonds. The smallest absolute Gasteiger partial charge is 0.0547 e. The number of hydrogen-bond donors (Lipinski definition) is 0. The summed E-state index contributed by atoms with van der Waals surface area (Å²) in [4.78, 5) is 0. The van der Waals surface area contributed by atoms with Crippen LogP contribution in [-0.2, 0) is 6.42 Å². The molecule has 256 valence electrons. The summed E-state index contributed by atoms with van der Waals surface area (Å²) in [5.74, 6) is 0. The molecule has 0 saturated carbocycles. The van der Waals surface area contributed by atoms with Gasteiger partial charge in [-0.1, -0.05) is 146 Å². The van der Waals surface area contributed by atoms with Crippen LogP contribution < -0.4 is 0 Å². The Morgan fingerprint density at radius 1 is 0.327 bits per heavy atom. The molecule has 0 unspecified atom stereocenters. The lowest BCUT2D eigenvalue weighted by atomic mass is 9.93. The summed E-state index contributed by atoms with van der Waals surface area (Å²) in [6.45, 7) is 0. The summed E-state index contributed by atoms with van der Waals surface area (Å²) in [5, 5.41) is 7.52. The molecule has 55 heavy (non-hydrogen) atoms. The fourth-order valence-electron chi connectivity index (χ4n) is 9.47. The van der Waals surface area contributed by atoms with Crippen LogP contribution in [-0.4, -0.2) is 9.13 Å². The van der Waals surface area contributed by atoms with Gasteiger partial charge in [0.25, 0.3) is 0 Å². The Balaban J connectivity index is 1.04. The second kappa shape index (κ2) is 11.7. The maximum atomic E-state index is 2.48. The summed E-state index contributed by atoms with van der Waals surface area (Å²) in [7, 11) is 0. The highest BCUT2D eigenvalue weighted by molar-refractivity contribution is 6.13. The standard InChI is InChI=1S/C53H34N2/c1-2-15-40(16-3-1)54-49-21-8-6-18-44(49)46-28-24-34(32-51(46)54)35-25-29-47-45-19-7-9-22-50(45)55(52(47)33-35)48-23-11-13-36-30-38(26-27-41(36)48)43-20-10-14-39-31-37-12-4-5-17-42(37)53(39)43/h1-30,32-33H,31H2. The summed E-state index contributed by atoms with van der Waals surface area (Å²) in [6, 6.07) is 71.7. The molecule has 0 bridgehead atoms. The SMILES string of the molecule is c1ccc(-n2c3ccccc3c3ccc(-c4ccc5c6ccccc6n(-c6cccc7cc(-c8cccc9c8-c8ccccc8C9)ccc67)c5c4)cc32)cc1. The molecule has 12 rings (SSSR count). The number of para-hydroxylation sites is 3. The Bertz CT molecular complexity index is 3340. The van der Waals surface area contributed by atoms with Gasteiger partial charge in [0.05, 0.1) is 27.8 Å². The molecule has 9 aromatic carbocycles. The lowest BCUT2D eigenvalue weighted by Gasteiger charge is -2.15. The highest BCUT2D eigenvalue weighted by Gasteiger charge is 2.22.